The second-order valence-corrected chi connectivity index (χ2v) is 18.6. The number of amides is 1. The standard InChI is InChI=1S/C47H73N5O10/c1-16-36-47(11)41(52(45(56)62-47)20-18-17-19-51-25-49-37(33(51)9)34-21-26(2)32(8)48-24-34)29(5)38(53)27(3)23-46(10,58-15)42(30(6)39(54)31(7)43(55)60-36)61-44-40(57-14)35(50(12)13)22-28(4)59-44/h21,24-25,27-31,35-36,40-42,44H,16-20,22-23H2,1-15H3/t27-,28-,29+,30+,31-,35+,36-,40-,41-,42-,44?,46-,47-/m1/s1/i21D,24D. The van der Waals surface area contributed by atoms with Crippen molar-refractivity contribution >= 4 is 23.6 Å². The van der Waals surface area contributed by atoms with Crippen LogP contribution in [0.15, 0.2) is 18.5 Å². The largest absolute Gasteiger partial charge is 0.458 e. The van der Waals surface area contributed by atoms with Crippen molar-refractivity contribution in [1.29, 1.82) is 0 Å². The van der Waals surface area contributed by atoms with E-state index >= 15 is 0 Å². The van der Waals surface area contributed by atoms with Crippen LogP contribution in [0.3, 0.4) is 0 Å². The Morgan fingerprint density at radius 1 is 0.968 bits per heavy atom. The maximum absolute atomic E-state index is 14.9. The lowest BCUT2D eigenvalue weighted by atomic mass is 9.73. The summed E-state index contributed by atoms with van der Waals surface area (Å²) in [4.78, 5) is 70.0. The molecule has 15 heteroatoms. The fourth-order valence-electron chi connectivity index (χ4n) is 10.1. The minimum Gasteiger partial charge on any atom is -0.458 e. The fraction of sp³-hybridized carbons (Fsp3) is 0.745. The molecule has 5 rings (SSSR count). The van der Waals surface area contributed by atoms with E-state index in [1.807, 2.05) is 60.2 Å². The van der Waals surface area contributed by atoms with Crippen molar-refractivity contribution in [3.05, 3.63) is 35.5 Å². The first-order chi connectivity index (χ1) is 30.0. The first-order valence-corrected chi connectivity index (χ1v) is 22.3. The van der Waals surface area contributed by atoms with Crippen molar-refractivity contribution < 1.29 is 50.3 Å². The number of aryl methyl sites for hydroxylation is 2. The van der Waals surface area contributed by atoms with Crippen LogP contribution in [0.4, 0.5) is 4.79 Å². The number of hydrogen-bond acceptors (Lipinski definition) is 13. The number of ketones is 2. The van der Waals surface area contributed by atoms with Gasteiger partial charge >= 0.3 is 12.1 Å². The molecule has 13 atom stereocenters. The van der Waals surface area contributed by atoms with E-state index in [9.17, 15) is 19.2 Å². The summed E-state index contributed by atoms with van der Waals surface area (Å²) in [5, 5.41) is 0. The average Bonchev–Trinajstić information content (AvgIpc) is 3.73. The Morgan fingerprint density at radius 2 is 1.65 bits per heavy atom. The molecule has 2 aromatic heterocycles. The molecule has 62 heavy (non-hydrogen) atoms. The number of imidazole rings is 1. The molecule has 15 nitrogen and oxygen atoms in total. The van der Waals surface area contributed by atoms with Crippen LogP contribution < -0.4 is 0 Å². The molecule has 0 N–H and O–H groups in total. The summed E-state index contributed by atoms with van der Waals surface area (Å²) in [6, 6.07) is -0.651. The summed E-state index contributed by atoms with van der Waals surface area (Å²) in [5.41, 5.74) is 0.380. The van der Waals surface area contributed by atoms with Gasteiger partial charge < -0.3 is 42.8 Å². The lowest BCUT2D eigenvalue weighted by Gasteiger charge is -2.48. The molecule has 0 spiro atoms. The molecule has 3 aliphatic rings. The molecular formula is C47H73N5O10. The van der Waals surface area contributed by atoms with Gasteiger partial charge in [0.05, 0.1) is 38.6 Å². The van der Waals surface area contributed by atoms with Crippen molar-refractivity contribution in [1.82, 2.24) is 24.3 Å². The highest BCUT2D eigenvalue weighted by molar-refractivity contribution is 6.00. The van der Waals surface area contributed by atoms with Crippen LogP contribution in [0.1, 0.15) is 107 Å². The number of pyridine rings is 1. The zero-order valence-electron chi connectivity index (χ0n) is 41.7. The van der Waals surface area contributed by atoms with E-state index in [4.69, 9.17) is 31.2 Å². The number of carbonyl (C=O) groups excluding carboxylic acids is 4. The Hall–Kier alpha value is -3.76. The zero-order valence-corrected chi connectivity index (χ0v) is 39.7. The molecule has 3 saturated heterocycles. The number of ether oxygens (including phenoxy) is 6. The molecule has 3 fully saturated rings. The molecule has 1 amide bonds. The molecule has 3 aliphatic heterocycles. The second kappa shape index (κ2) is 20.0. The summed E-state index contributed by atoms with van der Waals surface area (Å²) in [6.45, 7) is 20.4. The van der Waals surface area contributed by atoms with E-state index < -0.39 is 83.4 Å². The Balaban J connectivity index is 1.45. The third-order valence-corrected chi connectivity index (χ3v) is 14.0. The molecule has 2 aromatic rings. The third kappa shape index (κ3) is 9.81. The first kappa shape index (κ1) is 46.2. The molecule has 346 valence electrons. The van der Waals surface area contributed by atoms with E-state index in [-0.39, 0.29) is 49.5 Å². The Morgan fingerprint density at radius 3 is 2.27 bits per heavy atom. The normalized spacial score (nSPS) is 35.6. The van der Waals surface area contributed by atoms with E-state index in [1.54, 1.807) is 46.0 Å². The Labute approximate surface area is 371 Å². The number of hydrogen-bond donors (Lipinski definition) is 0. The van der Waals surface area contributed by atoms with Gasteiger partial charge in [-0.2, -0.15) is 0 Å². The van der Waals surface area contributed by atoms with Crippen LogP contribution in [0.5, 0.6) is 0 Å². The summed E-state index contributed by atoms with van der Waals surface area (Å²) < 4.78 is 56.9. The SMILES string of the molecule is [2H]c1nc(C)c(C)c([2H])c1-c1ncn(CCCCN2C(=O)O[C@]3(C)[C@@H](CC)OC(=O)[C@H](C)C(=O)[C@H](C)[C@@H](OC4O[C@H](C)C[C@H](N(C)C)[C@H]4OC)[C@](C)(OC)C[C@@H](C)C(=O)[C@H](C)[C@@H]23)c1C. The number of esters is 1. The highest BCUT2D eigenvalue weighted by atomic mass is 16.7. The van der Waals surface area contributed by atoms with Gasteiger partial charge in [0.2, 0.25) is 0 Å². The number of fused-ring (bicyclic) bond motifs is 1. The van der Waals surface area contributed by atoms with Gasteiger partial charge in [-0.1, -0.05) is 27.7 Å². The molecule has 0 bridgehead atoms. The molecule has 5 heterocycles. The number of rotatable bonds is 12. The second-order valence-electron chi connectivity index (χ2n) is 18.6. The number of nitrogens with zero attached hydrogens (tertiary/aromatic N) is 5. The summed E-state index contributed by atoms with van der Waals surface area (Å²) in [7, 11) is 7.05. The predicted octanol–water partition coefficient (Wildman–Crippen LogP) is 6.51. The highest BCUT2D eigenvalue weighted by Crippen LogP contribution is 2.43. The average molecular weight is 870 g/mol. The summed E-state index contributed by atoms with van der Waals surface area (Å²) in [6.07, 6.45) is -0.255. The van der Waals surface area contributed by atoms with Gasteiger partial charge in [0.1, 0.15) is 23.9 Å². The van der Waals surface area contributed by atoms with Crippen LogP contribution >= 0.6 is 0 Å². The summed E-state index contributed by atoms with van der Waals surface area (Å²) >= 11 is 0. The molecule has 0 saturated carbocycles. The maximum atomic E-state index is 14.9. The van der Waals surface area contributed by atoms with Crippen LogP contribution in [0, 0.1) is 44.4 Å². The van der Waals surface area contributed by atoms with Crippen molar-refractivity contribution in [2.45, 2.75) is 169 Å². The van der Waals surface area contributed by atoms with Crippen LogP contribution in [-0.4, -0.2) is 137 Å². The fourth-order valence-corrected chi connectivity index (χ4v) is 10.1. The summed E-state index contributed by atoms with van der Waals surface area (Å²) in [5.74, 6) is -4.91. The van der Waals surface area contributed by atoms with Gasteiger partial charge in [0.25, 0.3) is 0 Å². The topological polar surface area (TPSA) is 161 Å². The third-order valence-electron chi connectivity index (χ3n) is 14.0. The highest BCUT2D eigenvalue weighted by Gasteiger charge is 2.60. The lowest BCUT2D eigenvalue weighted by Crippen LogP contribution is -2.60. The quantitative estimate of drug-likeness (QED) is 0.129. The number of carbonyl (C=O) groups is 4. The zero-order chi connectivity index (χ0) is 47.7. The minimum absolute atomic E-state index is 0.00661. The van der Waals surface area contributed by atoms with Gasteiger partial charge in [-0.3, -0.25) is 19.4 Å². The van der Waals surface area contributed by atoms with Crippen LogP contribution in [0.25, 0.3) is 11.3 Å². The Bertz CT molecular complexity index is 2030. The predicted molar refractivity (Wildman–Crippen MR) is 233 cm³/mol. The van der Waals surface area contributed by atoms with Gasteiger partial charge in [-0.05, 0) is 106 Å². The van der Waals surface area contributed by atoms with Gasteiger partial charge in [-0.25, -0.2) is 9.78 Å². The number of cyclic esters (lactones) is 1. The molecule has 0 aromatic carbocycles. The first-order valence-electron chi connectivity index (χ1n) is 23.3. The van der Waals surface area contributed by atoms with E-state index in [2.05, 4.69) is 14.9 Å². The van der Waals surface area contributed by atoms with E-state index in [0.717, 1.165) is 5.69 Å². The van der Waals surface area contributed by atoms with Gasteiger partial charge in [-0.15, -0.1) is 0 Å². The molecule has 0 radical (unpaired) electrons. The van der Waals surface area contributed by atoms with Crippen LogP contribution in [0.2, 0.25) is 0 Å². The van der Waals surface area contributed by atoms with Gasteiger partial charge in [0, 0.05) is 74.2 Å². The number of methoxy groups -OCH3 is 2. The van der Waals surface area contributed by atoms with Crippen molar-refractivity contribution in [3.63, 3.8) is 0 Å². The van der Waals surface area contributed by atoms with E-state index in [1.165, 1.54) is 14.0 Å². The van der Waals surface area contributed by atoms with Crippen molar-refractivity contribution in [2.75, 3.05) is 34.9 Å². The van der Waals surface area contributed by atoms with Crippen molar-refractivity contribution in [2.24, 2.45) is 23.7 Å². The lowest BCUT2D eigenvalue weighted by molar-refractivity contribution is -0.299. The molecule has 0 aliphatic carbocycles. The Kier molecular flexibility index (Phi) is 14.9. The molecular weight excluding hydrogens is 795 g/mol. The number of aromatic nitrogens is 3. The van der Waals surface area contributed by atoms with Crippen LogP contribution in [-0.2, 0) is 49.3 Å². The maximum Gasteiger partial charge on any atom is 0.410 e. The molecule has 1 unspecified atom stereocenters. The van der Waals surface area contributed by atoms with Crippen molar-refractivity contribution in [3.8, 4) is 11.3 Å². The smallest absolute Gasteiger partial charge is 0.410 e. The monoisotopic (exact) mass is 870 g/mol. The minimum atomic E-state index is -1.43. The number of Topliss-reactive ketones (excluding diaryl/α,β-unsaturated/α-hetero) is 2. The number of likely N-dealkylation sites (N-methyl/N-ethyl adjacent to an activating group) is 1. The van der Waals surface area contributed by atoms with Gasteiger partial charge in [0.15, 0.2) is 17.7 Å². The van der Waals surface area contributed by atoms with E-state index in [0.29, 0.717) is 48.3 Å². The number of unbranched alkanes of at least 4 members (excludes halogenated alkanes) is 1.